The van der Waals surface area contributed by atoms with E-state index >= 15 is 0 Å². The van der Waals surface area contributed by atoms with Crippen molar-refractivity contribution in [3.8, 4) is 0 Å². The highest BCUT2D eigenvalue weighted by molar-refractivity contribution is 6.46. The second-order valence-electron chi connectivity index (χ2n) is 7.83. The lowest BCUT2D eigenvalue weighted by Gasteiger charge is -2.14. The predicted molar refractivity (Wildman–Crippen MR) is 113 cm³/mol. The van der Waals surface area contributed by atoms with Gasteiger partial charge in [0.2, 0.25) is 0 Å². The fourth-order valence-corrected chi connectivity index (χ4v) is 3.61. The van der Waals surface area contributed by atoms with E-state index in [0.29, 0.717) is 17.4 Å². The third-order valence-corrected chi connectivity index (χ3v) is 5.38. The third kappa shape index (κ3) is 9.41. The van der Waals surface area contributed by atoms with Crippen LogP contribution in [0.25, 0.3) is 0 Å². The van der Waals surface area contributed by atoms with Gasteiger partial charge in [0.15, 0.2) is 5.78 Å². The lowest BCUT2D eigenvalue weighted by molar-refractivity contribution is -0.140. The summed E-state index contributed by atoms with van der Waals surface area (Å²) < 4.78 is 4.64. The van der Waals surface area contributed by atoms with Crippen LogP contribution in [0.4, 0.5) is 0 Å². The Morgan fingerprint density at radius 3 is 2.63 bits per heavy atom. The molecule has 4 heteroatoms. The number of methoxy groups -OCH3 is 1. The van der Waals surface area contributed by atoms with Crippen LogP contribution in [0.5, 0.6) is 0 Å². The summed E-state index contributed by atoms with van der Waals surface area (Å²) in [4.78, 5) is 23.4. The Morgan fingerprint density at radius 2 is 1.96 bits per heavy atom. The number of ketones is 1. The summed E-state index contributed by atoms with van der Waals surface area (Å²) in [6, 6.07) is 0. The van der Waals surface area contributed by atoms with E-state index in [1.807, 2.05) is 6.08 Å². The number of ether oxygens (including phenoxy) is 1. The number of esters is 1. The minimum Gasteiger partial charge on any atom is -0.469 e. The zero-order valence-corrected chi connectivity index (χ0v) is 18.1. The van der Waals surface area contributed by atoms with Gasteiger partial charge in [-0.05, 0) is 64.7 Å². The molecule has 0 aliphatic heterocycles. The Balaban J connectivity index is 2.42. The van der Waals surface area contributed by atoms with Crippen molar-refractivity contribution in [3.63, 3.8) is 0 Å². The number of halogens is 1. The molecule has 1 aliphatic carbocycles. The van der Waals surface area contributed by atoms with Crippen LogP contribution in [0.1, 0.15) is 78.6 Å². The molecule has 2 atom stereocenters. The molecule has 3 nitrogen and oxygen atoms in total. The molecule has 152 valence electrons. The number of carbonyl (C=O) groups is 2. The maximum absolute atomic E-state index is 12.3. The standard InChI is InChI=1S/C23H35ClO3/c1-17(2)10-9-11-18(3)14-15-19-16-21(24)23(26)20(19)12-7-5-6-8-13-22(25)27-4/h10,12,16,18-19H,5-9,11,13-15H2,1-4H3/b20-12-. The molecule has 0 saturated heterocycles. The van der Waals surface area contributed by atoms with Crippen LogP contribution in [-0.2, 0) is 14.3 Å². The molecule has 0 aromatic heterocycles. The maximum Gasteiger partial charge on any atom is 0.305 e. The molecule has 0 aromatic rings. The van der Waals surface area contributed by atoms with Crippen molar-refractivity contribution in [2.45, 2.75) is 78.6 Å². The zero-order valence-electron chi connectivity index (χ0n) is 17.4. The van der Waals surface area contributed by atoms with Crippen molar-refractivity contribution in [3.05, 3.63) is 34.4 Å². The third-order valence-electron chi connectivity index (χ3n) is 5.09. The molecule has 1 rings (SSSR count). The fourth-order valence-electron chi connectivity index (χ4n) is 3.35. The minimum atomic E-state index is -0.158. The van der Waals surface area contributed by atoms with Gasteiger partial charge in [-0.25, -0.2) is 0 Å². The van der Waals surface area contributed by atoms with Crippen LogP contribution in [0.3, 0.4) is 0 Å². The van der Waals surface area contributed by atoms with Gasteiger partial charge in [0.1, 0.15) is 0 Å². The van der Waals surface area contributed by atoms with E-state index in [9.17, 15) is 9.59 Å². The van der Waals surface area contributed by atoms with Crippen LogP contribution in [0.2, 0.25) is 0 Å². The average Bonchev–Trinajstić information content (AvgIpc) is 2.89. The van der Waals surface area contributed by atoms with Gasteiger partial charge in [-0.15, -0.1) is 0 Å². The first kappa shape index (κ1) is 23.7. The van der Waals surface area contributed by atoms with E-state index in [1.165, 1.54) is 19.1 Å². The molecule has 0 spiro atoms. The molecule has 2 unspecified atom stereocenters. The first-order valence-corrected chi connectivity index (χ1v) is 10.5. The van der Waals surface area contributed by atoms with Crippen molar-refractivity contribution in [2.24, 2.45) is 11.8 Å². The molecular formula is C23H35ClO3. The van der Waals surface area contributed by atoms with Gasteiger partial charge in [-0.2, -0.15) is 0 Å². The quantitative estimate of drug-likeness (QED) is 0.164. The second-order valence-corrected chi connectivity index (χ2v) is 8.23. The first-order chi connectivity index (χ1) is 12.8. The summed E-state index contributed by atoms with van der Waals surface area (Å²) in [6.45, 7) is 6.55. The van der Waals surface area contributed by atoms with Crippen LogP contribution in [0.15, 0.2) is 34.4 Å². The molecule has 0 radical (unpaired) electrons. The summed E-state index contributed by atoms with van der Waals surface area (Å²) in [5.74, 6) is 0.636. The van der Waals surface area contributed by atoms with E-state index < -0.39 is 0 Å². The molecule has 0 aromatic carbocycles. The summed E-state index contributed by atoms with van der Waals surface area (Å²) in [7, 11) is 1.41. The summed E-state index contributed by atoms with van der Waals surface area (Å²) in [5, 5.41) is 0.370. The molecule has 0 heterocycles. The number of hydrogen-bond acceptors (Lipinski definition) is 3. The Labute approximate surface area is 169 Å². The lowest BCUT2D eigenvalue weighted by atomic mass is 9.90. The highest BCUT2D eigenvalue weighted by atomic mass is 35.5. The second kappa shape index (κ2) is 12.9. The van der Waals surface area contributed by atoms with Gasteiger partial charge in [0.05, 0.1) is 12.1 Å². The largest absolute Gasteiger partial charge is 0.469 e. The minimum absolute atomic E-state index is 0.00609. The van der Waals surface area contributed by atoms with Crippen molar-refractivity contribution in [2.75, 3.05) is 7.11 Å². The van der Waals surface area contributed by atoms with E-state index in [4.69, 9.17) is 11.6 Å². The van der Waals surface area contributed by atoms with Crippen LogP contribution < -0.4 is 0 Å². The van der Waals surface area contributed by atoms with E-state index in [0.717, 1.165) is 50.5 Å². The average molecular weight is 395 g/mol. The van der Waals surface area contributed by atoms with Crippen molar-refractivity contribution in [1.29, 1.82) is 0 Å². The van der Waals surface area contributed by atoms with E-state index in [1.54, 1.807) is 0 Å². The first-order valence-electron chi connectivity index (χ1n) is 10.2. The predicted octanol–water partition coefficient (Wildman–Crippen LogP) is 6.52. The molecular weight excluding hydrogens is 360 g/mol. The number of rotatable bonds is 12. The summed E-state index contributed by atoms with van der Waals surface area (Å²) in [5.41, 5.74) is 2.24. The molecule has 27 heavy (non-hydrogen) atoms. The molecule has 1 aliphatic rings. The Kier molecular flexibility index (Phi) is 11.3. The molecule has 0 N–H and O–H groups in total. The van der Waals surface area contributed by atoms with Crippen LogP contribution in [0, 0.1) is 11.8 Å². The Morgan fingerprint density at radius 1 is 1.22 bits per heavy atom. The smallest absolute Gasteiger partial charge is 0.305 e. The zero-order chi connectivity index (χ0) is 20.2. The Hall–Kier alpha value is -1.35. The molecule has 0 amide bonds. The molecule has 0 fully saturated rings. The van der Waals surface area contributed by atoms with Crippen LogP contribution >= 0.6 is 11.6 Å². The SMILES string of the molecule is COC(=O)CCCCC/C=C1\C(=O)C(Cl)=CC1CCC(C)CCC=C(C)C. The Bertz CT molecular complexity index is 582. The van der Waals surface area contributed by atoms with Crippen molar-refractivity contribution >= 4 is 23.4 Å². The van der Waals surface area contributed by atoms with E-state index in [2.05, 4.69) is 37.7 Å². The highest BCUT2D eigenvalue weighted by Gasteiger charge is 2.28. The van der Waals surface area contributed by atoms with Gasteiger partial charge < -0.3 is 4.74 Å². The normalized spacial score (nSPS) is 19.1. The molecule has 0 bridgehead atoms. The van der Waals surface area contributed by atoms with Gasteiger partial charge in [-0.3, -0.25) is 9.59 Å². The maximum atomic E-state index is 12.3. The number of allylic oxidation sites excluding steroid dienone is 6. The van der Waals surface area contributed by atoms with Crippen LogP contribution in [-0.4, -0.2) is 18.9 Å². The highest BCUT2D eigenvalue weighted by Crippen LogP contribution is 2.34. The number of unbranched alkanes of at least 4 members (excludes halogenated alkanes) is 3. The lowest BCUT2D eigenvalue weighted by Crippen LogP contribution is -2.06. The summed E-state index contributed by atoms with van der Waals surface area (Å²) in [6.07, 6.45) is 14.7. The van der Waals surface area contributed by atoms with Gasteiger partial charge in [0.25, 0.3) is 0 Å². The monoisotopic (exact) mass is 394 g/mol. The van der Waals surface area contributed by atoms with Gasteiger partial charge >= 0.3 is 5.97 Å². The number of hydrogen-bond donors (Lipinski definition) is 0. The van der Waals surface area contributed by atoms with Crippen molar-refractivity contribution < 1.29 is 14.3 Å². The van der Waals surface area contributed by atoms with Gasteiger partial charge in [0, 0.05) is 17.9 Å². The van der Waals surface area contributed by atoms with Gasteiger partial charge in [-0.1, -0.05) is 48.7 Å². The van der Waals surface area contributed by atoms with E-state index in [-0.39, 0.29) is 17.7 Å². The number of Topliss-reactive ketones (excluding diaryl/α,β-unsaturated/α-hetero) is 1. The topological polar surface area (TPSA) is 43.4 Å². The summed E-state index contributed by atoms with van der Waals surface area (Å²) >= 11 is 6.11. The molecule has 0 saturated carbocycles. The van der Waals surface area contributed by atoms with Crippen molar-refractivity contribution in [1.82, 2.24) is 0 Å². The number of carbonyl (C=O) groups excluding carboxylic acids is 2. The fraction of sp³-hybridized carbons (Fsp3) is 0.652.